The van der Waals surface area contributed by atoms with Crippen molar-refractivity contribution in [1.29, 1.82) is 0 Å². The largest absolute Gasteiger partial charge is 0.388 e. The van der Waals surface area contributed by atoms with E-state index < -0.39 is 5.60 Å². The molecule has 5 nitrogen and oxygen atoms in total. The Morgan fingerprint density at radius 2 is 1.80 bits per heavy atom. The molecule has 4 rings (SSSR count). The molecule has 132 valence electrons. The van der Waals surface area contributed by atoms with Crippen molar-refractivity contribution < 1.29 is 5.11 Å². The maximum absolute atomic E-state index is 11.0. The van der Waals surface area contributed by atoms with E-state index >= 15 is 0 Å². The minimum absolute atomic E-state index is 0. The standard InChI is InChI=1S/C19H22N4O.ClH/c24-19(15-23-11-6-17-18(23)5-3-10-21-17)7-12-22(13-8-19)14-16-4-1-2-9-20-16;/h1-6,9-11,24H,7-8,12-15H2;1H. The van der Waals surface area contributed by atoms with Gasteiger partial charge in [-0.3, -0.25) is 14.9 Å². The van der Waals surface area contributed by atoms with Crippen LogP contribution in [-0.2, 0) is 13.1 Å². The molecular formula is C19H23ClN4O. The van der Waals surface area contributed by atoms with E-state index in [1.165, 1.54) is 0 Å². The summed E-state index contributed by atoms with van der Waals surface area (Å²) in [6, 6.07) is 12.0. The van der Waals surface area contributed by atoms with Gasteiger partial charge < -0.3 is 9.67 Å². The Bertz CT molecular complexity index is 812. The van der Waals surface area contributed by atoms with Crippen LogP contribution in [0.4, 0.5) is 0 Å². The van der Waals surface area contributed by atoms with Crippen LogP contribution in [0.1, 0.15) is 18.5 Å². The summed E-state index contributed by atoms with van der Waals surface area (Å²) >= 11 is 0. The van der Waals surface area contributed by atoms with E-state index in [-0.39, 0.29) is 12.4 Å². The topological polar surface area (TPSA) is 54.2 Å². The second kappa shape index (κ2) is 7.52. The normalized spacial score (nSPS) is 17.3. The zero-order valence-electron chi connectivity index (χ0n) is 14.1. The number of rotatable bonds is 4. The van der Waals surface area contributed by atoms with Gasteiger partial charge in [0, 0.05) is 38.2 Å². The number of aromatic nitrogens is 3. The molecular weight excluding hydrogens is 336 g/mol. The molecule has 6 heteroatoms. The third-order valence-electron chi connectivity index (χ3n) is 4.90. The van der Waals surface area contributed by atoms with E-state index in [9.17, 15) is 5.11 Å². The van der Waals surface area contributed by atoms with Crippen LogP contribution in [0.25, 0.3) is 11.0 Å². The Kier molecular flexibility index (Phi) is 5.37. The Hall–Kier alpha value is -1.95. The predicted molar refractivity (Wildman–Crippen MR) is 101 cm³/mol. The summed E-state index contributed by atoms with van der Waals surface area (Å²) in [5, 5.41) is 11.0. The van der Waals surface area contributed by atoms with E-state index in [0.29, 0.717) is 6.54 Å². The monoisotopic (exact) mass is 358 g/mol. The maximum Gasteiger partial charge on any atom is 0.0880 e. The molecule has 0 unspecified atom stereocenters. The summed E-state index contributed by atoms with van der Waals surface area (Å²) in [5.41, 5.74) is 2.50. The number of pyridine rings is 2. The Balaban J connectivity index is 0.00000182. The highest BCUT2D eigenvalue weighted by Crippen LogP contribution is 2.26. The lowest BCUT2D eigenvalue weighted by Gasteiger charge is -2.38. The smallest absolute Gasteiger partial charge is 0.0880 e. The van der Waals surface area contributed by atoms with Gasteiger partial charge in [0.1, 0.15) is 0 Å². The van der Waals surface area contributed by atoms with E-state index in [2.05, 4.69) is 31.6 Å². The van der Waals surface area contributed by atoms with Crippen LogP contribution in [0.5, 0.6) is 0 Å². The van der Waals surface area contributed by atoms with Crippen LogP contribution >= 0.6 is 12.4 Å². The van der Waals surface area contributed by atoms with Crippen LogP contribution in [-0.4, -0.2) is 43.2 Å². The number of hydrogen-bond donors (Lipinski definition) is 1. The van der Waals surface area contributed by atoms with Crippen molar-refractivity contribution in [3.63, 3.8) is 0 Å². The van der Waals surface area contributed by atoms with Gasteiger partial charge in [-0.05, 0) is 43.2 Å². The van der Waals surface area contributed by atoms with Crippen LogP contribution in [0.2, 0.25) is 0 Å². The van der Waals surface area contributed by atoms with Crippen LogP contribution in [0.15, 0.2) is 55.0 Å². The third-order valence-corrected chi connectivity index (χ3v) is 4.90. The molecule has 0 aromatic carbocycles. The number of likely N-dealkylation sites (tertiary alicyclic amines) is 1. The maximum atomic E-state index is 11.0. The van der Waals surface area contributed by atoms with Gasteiger partial charge in [0.05, 0.1) is 28.9 Å². The summed E-state index contributed by atoms with van der Waals surface area (Å²) in [4.78, 5) is 11.1. The average molecular weight is 359 g/mol. The highest BCUT2D eigenvalue weighted by molar-refractivity contribution is 5.85. The zero-order chi connectivity index (χ0) is 16.4. The molecule has 25 heavy (non-hydrogen) atoms. The zero-order valence-corrected chi connectivity index (χ0v) is 14.9. The average Bonchev–Trinajstić information content (AvgIpc) is 3.01. The molecule has 0 spiro atoms. The molecule has 1 fully saturated rings. The van der Waals surface area contributed by atoms with Crippen molar-refractivity contribution in [2.75, 3.05) is 13.1 Å². The van der Waals surface area contributed by atoms with Crippen molar-refractivity contribution in [3.05, 3.63) is 60.7 Å². The molecule has 1 N–H and O–H groups in total. The lowest BCUT2D eigenvalue weighted by molar-refractivity contribution is -0.0351. The Labute approximate surface area is 153 Å². The molecule has 1 aliphatic heterocycles. The Morgan fingerprint density at radius 3 is 2.56 bits per heavy atom. The summed E-state index contributed by atoms with van der Waals surface area (Å²) in [6.07, 6.45) is 7.22. The first-order chi connectivity index (χ1) is 11.7. The molecule has 0 atom stereocenters. The van der Waals surface area contributed by atoms with E-state index in [4.69, 9.17) is 0 Å². The lowest BCUT2D eigenvalue weighted by Crippen LogP contribution is -2.46. The Morgan fingerprint density at radius 1 is 1.00 bits per heavy atom. The van der Waals surface area contributed by atoms with Gasteiger partial charge >= 0.3 is 0 Å². The fourth-order valence-corrected chi connectivity index (χ4v) is 3.48. The fraction of sp³-hybridized carbons (Fsp3) is 0.368. The highest BCUT2D eigenvalue weighted by atomic mass is 35.5. The summed E-state index contributed by atoms with van der Waals surface area (Å²) in [7, 11) is 0. The van der Waals surface area contributed by atoms with Crippen molar-refractivity contribution in [3.8, 4) is 0 Å². The summed E-state index contributed by atoms with van der Waals surface area (Å²) in [5.74, 6) is 0. The van der Waals surface area contributed by atoms with Crippen LogP contribution in [0.3, 0.4) is 0 Å². The first-order valence-corrected chi connectivity index (χ1v) is 8.46. The number of aliphatic hydroxyl groups is 1. The highest BCUT2D eigenvalue weighted by Gasteiger charge is 2.33. The van der Waals surface area contributed by atoms with Gasteiger partial charge in [0.15, 0.2) is 0 Å². The predicted octanol–water partition coefficient (Wildman–Crippen LogP) is 2.88. The van der Waals surface area contributed by atoms with Gasteiger partial charge in [0.2, 0.25) is 0 Å². The first-order valence-electron chi connectivity index (χ1n) is 8.46. The van der Waals surface area contributed by atoms with E-state index in [1.54, 1.807) is 6.20 Å². The molecule has 0 radical (unpaired) electrons. The molecule has 0 amide bonds. The summed E-state index contributed by atoms with van der Waals surface area (Å²) in [6.45, 7) is 3.27. The van der Waals surface area contributed by atoms with Gasteiger partial charge in [-0.2, -0.15) is 0 Å². The molecule has 1 aliphatic rings. The van der Waals surface area contributed by atoms with Gasteiger partial charge in [-0.25, -0.2) is 0 Å². The minimum atomic E-state index is -0.650. The molecule has 0 bridgehead atoms. The molecule has 1 saturated heterocycles. The van der Waals surface area contributed by atoms with E-state index in [1.807, 2.05) is 36.7 Å². The van der Waals surface area contributed by atoms with Crippen LogP contribution < -0.4 is 0 Å². The molecule has 3 aromatic heterocycles. The number of halogens is 1. The summed E-state index contributed by atoms with van der Waals surface area (Å²) < 4.78 is 2.12. The SMILES string of the molecule is Cl.OC1(Cn2ccc3ncccc32)CCN(Cc2ccccn2)CC1. The van der Waals surface area contributed by atoms with Gasteiger partial charge in [0.25, 0.3) is 0 Å². The third kappa shape index (κ3) is 4.00. The minimum Gasteiger partial charge on any atom is -0.388 e. The van der Waals surface area contributed by atoms with Crippen molar-refractivity contribution in [1.82, 2.24) is 19.4 Å². The van der Waals surface area contributed by atoms with E-state index in [0.717, 1.165) is 49.2 Å². The number of fused-ring (bicyclic) bond motifs is 1. The lowest BCUT2D eigenvalue weighted by atomic mass is 9.91. The van der Waals surface area contributed by atoms with Crippen molar-refractivity contribution in [2.24, 2.45) is 0 Å². The van der Waals surface area contributed by atoms with Crippen molar-refractivity contribution in [2.45, 2.75) is 31.5 Å². The van der Waals surface area contributed by atoms with Gasteiger partial charge in [-0.1, -0.05) is 6.07 Å². The molecule has 0 aliphatic carbocycles. The van der Waals surface area contributed by atoms with Crippen LogP contribution in [0, 0.1) is 0 Å². The first kappa shape index (κ1) is 17.9. The fourth-order valence-electron chi connectivity index (χ4n) is 3.48. The number of nitrogens with zero attached hydrogens (tertiary/aromatic N) is 4. The van der Waals surface area contributed by atoms with Crippen molar-refractivity contribution >= 4 is 23.4 Å². The quantitative estimate of drug-likeness (QED) is 0.779. The molecule has 3 aromatic rings. The van der Waals surface area contributed by atoms with Gasteiger partial charge in [-0.15, -0.1) is 12.4 Å². The molecule has 4 heterocycles. The molecule has 0 saturated carbocycles. The second-order valence-corrected chi connectivity index (χ2v) is 6.67. The number of hydrogen-bond acceptors (Lipinski definition) is 4. The second-order valence-electron chi connectivity index (χ2n) is 6.67. The number of piperidine rings is 1.